The van der Waals surface area contributed by atoms with Crippen molar-refractivity contribution in [1.29, 1.82) is 0 Å². The van der Waals surface area contributed by atoms with E-state index in [-0.39, 0.29) is 18.7 Å². The second-order valence-corrected chi connectivity index (χ2v) is 7.58. The highest BCUT2D eigenvalue weighted by Crippen LogP contribution is 2.41. The number of ether oxygens (including phenoxy) is 3. The van der Waals surface area contributed by atoms with Gasteiger partial charge in [-0.05, 0) is 58.2 Å². The van der Waals surface area contributed by atoms with Crippen molar-refractivity contribution >= 4 is 23.6 Å². The Kier molecular flexibility index (Phi) is 8.84. The minimum absolute atomic E-state index is 0.0956. The lowest BCUT2D eigenvalue weighted by Crippen LogP contribution is -2.46. The molecule has 0 aromatic heterocycles. The van der Waals surface area contributed by atoms with Gasteiger partial charge in [-0.3, -0.25) is 0 Å². The summed E-state index contributed by atoms with van der Waals surface area (Å²) in [5, 5.41) is 5.94. The van der Waals surface area contributed by atoms with Gasteiger partial charge in [0.2, 0.25) is 0 Å². The van der Waals surface area contributed by atoms with Crippen LogP contribution in [0.2, 0.25) is 5.02 Å². The lowest BCUT2D eigenvalue weighted by atomic mass is 9.93. The topological polar surface area (TPSA) is 85.9 Å². The highest BCUT2D eigenvalue weighted by molar-refractivity contribution is 6.32. The van der Waals surface area contributed by atoms with Gasteiger partial charge in [0.05, 0.1) is 36.0 Å². The number of benzene rings is 1. The van der Waals surface area contributed by atoms with Gasteiger partial charge >= 0.3 is 12.0 Å². The molecule has 1 aromatic rings. The normalized spacial score (nSPS) is 16.2. The molecule has 1 aromatic carbocycles. The fourth-order valence-corrected chi connectivity index (χ4v) is 3.50. The van der Waals surface area contributed by atoms with Gasteiger partial charge in [0.25, 0.3) is 0 Å². The average Bonchev–Trinajstić information content (AvgIpc) is 2.68. The zero-order chi connectivity index (χ0) is 22.3. The number of carbonyl (C=O) groups excluding carboxylic acids is 2. The monoisotopic (exact) mass is 438 g/mol. The van der Waals surface area contributed by atoms with Gasteiger partial charge in [-0.2, -0.15) is 0 Å². The first kappa shape index (κ1) is 23.9. The molecule has 1 atom stereocenters. The van der Waals surface area contributed by atoms with Gasteiger partial charge in [-0.25, -0.2) is 9.59 Å². The zero-order valence-electron chi connectivity index (χ0n) is 18.3. The fraction of sp³-hybridized carbons (Fsp3) is 0.545. The molecule has 8 heteroatoms. The summed E-state index contributed by atoms with van der Waals surface area (Å²) in [6.45, 7) is 10.1. The number of hydrogen-bond acceptors (Lipinski definition) is 5. The maximum Gasteiger partial charge on any atom is 0.338 e. The van der Waals surface area contributed by atoms with Crippen molar-refractivity contribution in [2.24, 2.45) is 0 Å². The molecule has 0 bridgehead atoms. The van der Waals surface area contributed by atoms with Crippen LogP contribution in [0, 0.1) is 0 Å². The SMILES string of the molecule is CCCCC1=C(C(=O)OCC)C(c2cc(Cl)c(OC(C)C)c(OCC)c2)NC(=O)N1. The van der Waals surface area contributed by atoms with E-state index in [1.54, 1.807) is 19.1 Å². The van der Waals surface area contributed by atoms with Crippen molar-refractivity contribution in [3.8, 4) is 11.5 Å². The van der Waals surface area contributed by atoms with Gasteiger partial charge in [0.1, 0.15) is 0 Å². The maximum atomic E-state index is 12.8. The number of nitrogens with one attached hydrogen (secondary N) is 2. The van der Waals surface area contributed by atoms with E-state index in [2.05, 4.69) is 10.6 Å². The molecule has 1 aliphatic heterocycles. The Balaban J connectivity index is 2.59. The Hall–Kier alpha value is -2.41. The summed E-state index contributed by atoms with van der Waals surface area (Å²) < 4.78 is 16.8. The van der Waals surface area contributed by atoms with Gasteiger partial charge < -0.3 is 24.8 Å². The number of rotatable bonds is 10. The molecular weight excluding hydrogens is 408 g/mol. The predicted molar refractivity (Wildman–Crippen MR) is 116 cm³/mol. The third kappa shape index (κ3) is 5.81. The van der Waals surface area contributed by atoms with Crippen molar-refractivity contribution in [2.75, 3.05) is 13.2 Å². The van der Waals surface area contributed by atoms with Crippen LogP contribution in [0.5, 0.6) is 11.5 Å². The molecule has 2 rings (SSSR count). The molecule has 0 saturated carbocycles. The summed E-state index contributed by atoms with van der Waals surface area (Å²) in [5.74, 6) is 0.419. The van der Waals surface area contributed by atoms with E-state index in [9.17, 15) is 9.59 Å². The second kappa shape index (κ2) is 11.1. The first-order valence-electron chi connectivity index (χ1n) is 10.4. The molecule has 2 amide bonds. The molecule has 0 radical (unpaired) electrons. The van der Waals surface area contributed by atoms with Crippen LogP contribution in [0.3, 0.4) is 0 Å². The Morgan fingerprint density at radius 3 is 2.53 bits per heavy atom. The molecule has 1 aliphatic rings. The summed E-state index contributed by atoms with van der Waals surface area (Å²) in [4.78, 5) is 25.2. The Bertz CT molecular complexity index is 807. The minimum Gasteiger partial charge on any atom is -0.490 e. The number of allylic oxidation sites excluding steroid dienone is 1. The molecule has 2 N–H and O–H groups in total. The number of halogens is 1. The van der Waals surface area contributed by atoms with E-state index in [1.165, 1.54) is 0 Å². The molecule has 1 unspecified atom stereocenters. The minimum atomic E-state index is -0.713. The molecule has 0 saturated heterocycles. The standard InChI is InChI=1S/C22H31ClN2O5/c1-6-9-10-16-18(21(26)29-8-3)19(25-22(27)24-16)14-11-15(23)20(30-13(4)5)17(12-14)28-7-2/h11-13,19H,6-10H2,1-5H3,(H2,24,25,27). The Morgan fingerprint density at radius 2 is 1.93 bits per heavy atom. The van der Waals surface area contributed by atoms with E-state index in [0.29, 0.717) is 46.4 Å². The summed E-state index contributed by atoms with van der Waals surface area (Å²) in [5.41, 5.74) is 1.56. The van der Waals surface area contributed by atoms with Gasteiger partial charge in [0.15, 0.2) is 11.5 Å². The highest BCUT2D eigenvalue weighted by Gasteiger charge is 2.34. The quantitative estimate of drug-likeness (QED) is 0.508. The number of hydrogen-bond donors (Lipinski definition) is 2. The number of carbonyl (C=O) groups is 2. The first-order chi connectivity index (χ1) is 14.3. The van der Waals surface area contributed by atoms with E-state index >= 15 is 0 Å². The molecule has 166 valence electrons. The third-order valence-electron chi connectivity index (χ3n) is 4.45. The van der Waals surface area contributed by atoms with Crippen LogP contribution < -0.4 is 20.1 Å². The third-order valence-corrected chi connectivity index (χ3v) is 4.73. The maximum absolute atomic E-state index is 12.8. The Labute approximate surface area is 183 Å². The number of amides is 2. The van der Waals surface area contributed by atoms with Crippen LogP contribution in [0.4, 0.5) is 4.79 Å². The molecule has 0 aliphatic carbocycles. The zero-order valence-corrected chi connectivity index (χ0v) is 19.0. The molecule has 1 heterocycles. The van der Waals surface area contributed by atoms with Crippen LogP contribution >= 0.6 is 11.6 Å². The number of urea groups is 1. The largest absolute Gasteiger partial charge is 0.490 e. The van der Waals surface area contributed by atoms with Gasteiger partial charge in [-0.15, -0.1) is 0 Å². The van der Waals surface area contributed by atoms with Gasteiger partial charge in [-0.1, -0.05) is 24.9 Å². The van der Waals surface area contributed by atoms with Crippen LogP contribution in [0.1, 0.15) is 65.5 Å². The Morgan fingerprint density at radius 1 is 1.20 bits per heavy atom. The molecular formula is C22H31ClN2O5. The smallest absolute Gasteiger partial charge is 0.338 e. The van der Waals surface area contributed by atoms with Crippen molar-refractivity contribution in [3.05, 3.63) is 34.0 Å². The number of unbranched alkanes of at least 4 members (excludes halogenated alkanes) is 1. The summed E-state index contributed by atoms with van der Waals surface area (Å²) >= 11 is 6.51. The van der Waals surface area contributed by atoms with Crippen LogP contribution in [-0.4, -0.2) is 31.3 Å². The summed E-state index contributed by atoms with van der Waals surface area (Å²) in [6.07, 6.45) is 2.23. The summed E-state index contributed by atoms with van der Waals surface area (Å²) in [6, 6.07) is 2.35. The van der Waals surface area contributed by atoms with Crippen molar-refractivity contribution in [3.63, 3.8) is 0 Å². The van der Waals surface area contributed by atoms with E-state index in [0.717, 1.165) is 12.8 Å². The number of esters is 1. The predicted octanol–water partition coefficient (Wildman–Crippen LogP) is 4.89. The van der Waals surface area contributed by atoms with E-state index < -0.39 is 12.0 Å². The van der Waals surface area contributed by atoms with Crippen molar-refractivity contribution in [2.45, 2.75) is 66.0 Å². The molecule has 7 nitrogen and oxygen atoms in total. The highest BCUT2D eigenvalue weighted by atomic mass is 35.5. The first-order valence-corrected chi connectivity index (χ1v) is 10.8. The summed E-state index contributed by atoms with van der Waals surface area (Å²) in [7, 11) is 0. The van der Waals surface area contributed by atoms with E-state index in [4.69, 9.17) is 25.8 Å². The van der Waals surface area contributed by atoms with Crippen LogP contribution in [0.15, 0.2) is 23.4 Å². The molecule has 30 heavy (non-hydrogen) atoms. The van der Waals surface area contributed by atoms with E-state index in [1.807, 2.05) is 27.7 Å². The average molecular weight is 439 g/mol. The van der Waals surface area contributed by atoms with Crippen molar-refractivity contribution in [1.82, 2.24) is 10.6 Å². The lowest BCUT2D eigenvalue weighted by molar-refractivity contribution is -0.139. The van der Waals surface area contributed by atoms with Crippen molar-refractivity contribution < 1.29 is 23.8 Å². The fourth-order valence-electron chi connectivity index (χ4n) is 3.24. The lowest BCUT2D eigenvalue weighted by Gasteiger charge is -2.30. The van der Waals surface area contributed by atoms with Crippen LogP contribution in [0.25, 0.3) is 0 Å². The molecule has 0 spiro atoms. The van der Waals surface area contributed by atoms with Gasteiger partial charge in [0, 0.05) is 5.70 Å². The molecule has 0 fully saturated rings. The van der Waals surface area contributed by atoms with Crippen LogP contribution in [-0.2, 0) is 9.53 Å². The second-order valence-electron chi connectivity index (χ2n) is 7.18.